The molecule has 0 spiro atoms. The monoisotopic (exact) mass is 485 g/mol. The van der Waals surface area contributed by atoms with E-state index in [1.54, 1.807) is 17.0 Å². The lowest BCUT2D eigenvalue weighted by Gasteiger charge is -2.47. The van der Waals surface area contributed by atoms with E-state index in [1.165, 1.54) is 25.1 Å². The molecule has 1 amide bonds. The third-order valence-corrected chi connectivity index (χ3v) is 6.52. The minimum atomic E-state index is -0.950. The van der Waals surface area contributed by atoms with Gasteiger partial charge in [0.15, 0.2) is 0 Å². The van der Waals surface area contributed by atoms with Crippen molar-refractivity contribution in [2.24, 2.45) is 0 Å². The molecule has 3 aromatic rings. The van der Waals surface area contributed by atoms with Crippen LogP contribution in [0.3, 0.4) is 0 Å². The van der Waals surface area contributed by atoms with Crippen LogP contribution < -0.4 is 0 Å². The molecular weight excluding hydrogens is 460 g/mol. The molecule has 0 unspecified atom stereocenters. The number of carbonyl (C=O) groups is 1. The molecular formula is C27H26ClF2NO3. The smallest absolute Gasteiger partial charge is 0.219 e. The zero-order valence-electron chi connectivity index (χ0n) is 18.8. The van der Waals surface area contributed by atoms with Crippen LogP contribution >= 0.6 is 11.6 Å². The van der Waals surface area contributed by atoms with Gasteiger partial charge in [-0.1, -0.05) is 60.1 Å². The Morgan fingerprint density at radius 1 is 1.00 bits per heavy atom. The topological polar surface area (TPSA) is 38.8 Å². The largest absolute Gasteiger partial charge is 0.368 e. The highest BCUT2D eigenvalue weighted by Crippen LogP contribution is 2.40. The van der Waals surface area contributed by atoms with Crippen LogP contribution in [0.25, 0.3) is 0 Å². The number of ether oxygens (including phenoxy) is 2. The molecule has 0 saturated carbocycles. The quantitative estimate of drug-likeness (QED) is 0.420. The molecule has 0 aromatic heterocycles. The van der Waals surface area contributed by atoms with Gasteiger partial charge in [-0.3, -0.25) is 4.79 Å². The van der Waals surface area contributed by atoms with E-state index in [0.29, 0.717) is 24.6 Å². The van der Waals surface area contributed by atoms with Crippen molar-refractivity contribution in [1.29, 1.82) is 0 Å². The average molecular weight is 486 g/mol. The minimum Gasteiger partial charge on any atom is -0.368 e. The Kier molecular flexibility index (Phi) is 7.61. The van der Waals surface area contributed by atoms with Crippen LogP contribution in [-0.2, 0) is 33.1 Å². The Morgan fingerprint density at radius 2 is 1.68 bits per heavy atom. The molecule has 1 heterocycles. The number of carbonyl (C=O) groups excluding carboxylic acids is 1. The second-order valence-electron chi connectivity index (χ2n) is 8.39. The third kappa shape index (κ3) is 5.30. The standard InChI is InChI=1S/C27H26ClF2NO3/c1-19(32)31-15-14-27(21-10-12-22(28)13-11-21,34-17-20-6-3-2-4-7-20)26(16-31)33-18-23-24(29)8-5-9-25(23)30/h2-13,26H,14-18H2,1H3/t26-,27-/m0/s1. The number of hydrogen-bond acceptors (Lipinski definition) is 3. The normalized spacial score (nSPS) is 20.4. The summed E-state index contributed by atoms with van der Waals surface area (Å²) in [6.45, 7) is 2.19. The SMILES string of the molecule is CC(=O)N1CC[C@](OCc2ccccc2)(c2ccc(Cl)cc2)[C@@H](OCc2c(F)cccc2F)C1. The first-order valence-corrected chi connectivity index (χ1v) is 11.5. The molecule has 7 heteroatoms. The Bertz CT molecular complexity index is 1110. The molecule has 3 aromatic carbocycles. The predicted molar refractivity (Wildman–Crippen MR) is 126 cm³/mol. The first-order valence-electron chi connectivity index (χ1n) is 11.1. The number of piperidine rings is 1. The molecule has 4 rings (SSSR count). The van der Waals surface area contributed by atoms with Crippen LogP contribution in [0.2, 0.25) is 5.02 Å². The molecule has 2 atom stereocenters. The lowest BCUT2D eigenvalue weighted by Crippen LogP contribution is -2.56. The summed E-state index contributed by atoms with van der Waals surface area (Å²) >= 11 is 6.14. The van der Waals surface area contributed by atoms with Crippen LogP contribution in [-0.4, -0.2) is 30.0 Å². The van der Waals surface area contributed by atoms with Crippen molar-refractivity contribution in [1.82, 2.24) is 4.90 Å². The van der Waals surface area contributed by atoms with Gasteiger partial charge in [0.1, 0.15) is 23.3 Å². The summed E-state index contributed by atoms with van der Waals surface area (Å²) in [6.07, 6.45) is -0.222. The Balaban J connectivity index is 1.70. The van der Waals surface area contributed by atoms with E-state index in [9.17, 15) is 13.6 Å². The Hall–Kier alpha value is -2.80. The van der Waals surface area contributed by atoms with Gasteiger partial charge >= 0.3 is 0 Å². The molecule has 1 fully saturated rings. The number of amides is 1. The van der Waals surface area contributed by atoms with E-state index in [2.05, 4.69) is 0 Å². The fourth-order valence-corrected chi connectivity index (χ4v) is 4.45. The lowest BCUT2D eigenvalue weighted by atomic mass is 9.81. The molecule has 1 saturated heterocycles. The first-order chi connectivity index (χ1) is 16.4. The van der Waals surface area contributed by atoms with Crippen molar-refractivity contribution in [2.75, 3.05) is 13.1 Å². The van der Waals surface area contributed by atoms with Gasteiger partial charge in [0.05, 0.1) is 19.8 Å². The maximum atomic E-state index is 14.3. The summed E-state index contributed by atoms with van der Waals surface area (Å²) in [5.41, 5.74) is 0.697. The van der Waals surface area contributed by atoms with Gasteiger partial charge in [0.2, 0.25) is 5.91 Å². The summed E-state index contributed by atoms with van der Waals surface area (Å²) in [6, 6.07) is 20.7. The number of hydrogen-bond donors (Lipinski definition) is 0. The van der Waals surface area contributed by atoms with Gasteiger partial charge < -0.3 is 14.4 Å². The maximum absolute atomic E-state index is 14.3. The van der Waals surface area contributed by atoms with Crippen molar-refractivity contribution in [3.63, 3.8) is 0 Å². The maximum Gasteiger partial charge on any atom is 0.219 e. The van der Waals surface area contributed by atoms with E-state index in [1.807, 2.05) is 42.5 Å². The van der Waals surface area contributed by atoms with Crippen molar-refractivity contribution < 1.29 is 23.0 Å². The highest BCUT2D eigenvalue weighted by molar-refractivity contribution is 6.30. The van der Waals surface area contributed by atoms with Crippen LogP contribution in [0.5, 0.6) is 0 Å². The highest BCUT2D eigenvalue weighted by Gasteiger charge is 2.47. The third-order valence-electron chi connectivity index (χ3n) is 6.27. The van der Waals surface area contributed by atoms with Crippen LogP contribution in [0.1, 0.15) is 30.0 Å². The molecule has 0 bridgehead atoms. The zero-order valence-corrected chi connectivity index (χ0v) is 19.6. The average Bonchev–Trinajstić information content (AvgIpc) is 2.84. The number of likely N-dealkylation sites (tertiary alicyclic amines) is 1. The molecule has 178 valence electrons. The van der Waals surface area contributed by atoms with Gasteiger partial charge in [0, 0.05) is 30.5 Å². The van der Waals surface area contributed by atoms with E-state index >= 15 is 0 Å². The van der Waals surface area contributed by atoms with Crippen molar-refractivity contribution >= 4 is 17.5 Å². The van der Waals surface area contributed by atoms with E-state index < -0.39 is 23.3 Å². The fourth-order valence-electron chi connectivity index (χ4n) is 4.33. The van der Waals surface area contributed by atoms with Crippen LogP contribution in [0, 0.1) is 11.6 Å². The van der Waals surface area contributed by atoms with E-state index in [4.69, 9.17) is 21.1 Å². The van der Waals surface area contributed by atoms with E-state index in [0.717, 1.165) is 11.1 Å². The molecule has 0 N–H and O–H groups in total. The van der Waals surface area contributed by atoms with Gasteiger partial charge in [0.25, 0.3) is 0 Å². The lowest BCUT2D eigenvalue weighted by molar-refractivity contribution is -0.195. The Morgan fingerprint density at radius 3 is 2.32 bits per heavy atom. The van der Waals surface area contributed by atoms with Gasteiger partial charge in [-0.05, 0) is 35.4 Å². The van der Waals surface area contributed by atoms with Crippen molar-refractivity contribution in [3.8, 4) is 0 Å². The summed E-state index contributed by atoms with van der Waals surface area (Å²) in [5, 5.41) is 0.578. The first kappa shape index (κ1) is 24.3. The summed E-state index contributed by atoms with van der Waals surface area (Å²) in [5.74, 6) is -1.46. The summed E-state index contributed by atoms with van der Waals surface area (Å²) in [4.78, 5) is 13.9. The predicted octanol–water partition coefficient (Wildman–Crippen LogP) is 5.87. The van der Waals surface area contributed by atoms with Crippen molar-refractivity contribution in [3.05, 3.63) is 106 Å². The minimum absolute atomic E-state index is 0.0987. The zero-order chi connectivity index (χ0) is 24.1. The molecule has 1 aliphatic heterocycles. The van der Waals surface area contributed by atoms with E-state index in [-0.39, 0.29) is 24.6 Å². The molecule has 1 aliphatic rings. The second kappa shape index (κ2) is 10.6. The van der Waals surface area contributed by atoms with Crippen LogP contribution in [0.4, 0.5) is 8.78 Å². The summed E-state index contributed by atoms with van der Waals surface area (Å²) in [7, 11) is 0. The van der Waals surface area contributed by atoms with Gasteiger partial charge in [-0.15, -0.1) is 0 Å². The molecule has 0 radical (unpaired) electrons. The number of nitrogens with zero attached hydrogens (tertiary/aromatic N) is 1. The van der Waals surface area contributed by atoms with Gasteiger partial charge in [-0.2, -0.15) is 0 Å². The van der Waals surface area contributed by atoms with Gasteiger partial charge in [-0.25, -0.2) is 8.78 Å². The molecule has 34 heavy (non-hydrogen) atoms. The highest BCUT2D eigenvalue weighted by atomic mass is 35.5. The summed E-state index contributed by atoms with van der Waals surface area (Å²) < 4.78 is 41.4. The van der Waals surface area contributed by atoms with Crippen LogP contribution in [0.15, 0.2) is 72.8 Å². The Labute approximate surface area is 203 Å². The second-order valence-corrected chi connectivity index (χ2v) is 8.82. The van der Waals surface area contributed by atoms with Crippen molar-refractivity contribution in [2.45, 2.75) is 38.3 Å². The fraction of sp³-hybridized carbons (Fsp3) is 0.296. The number of benzene rings is 3. The number of rotatable bonds is 7. The number of halogens is 3. The molecule has 4 nitrogen and oxygen atoms in total. The molecule has 0 aliphatic carbocycles.